The number of carbonyl (C=O) groups excluding carboxylic acids is 2. The van der Waals surface area contributed by atoms with Gasteiger partial charge in [0.1, 0.15) is 11.5 Å². The van der Waals surface area contributed by atoms with Gasteiger partial charge >= 0.3 is 5.97 Å². The number of nitrogens with zero attached hydrogens (tertiary/aromatic N) is 2. The van der Waals surface area contributed by atoms with E-state index in [1.807, 2.05) is 60.7 Å². The zero-order chi connectivity index (χ0) is 29.5. The first-order valence-electron chi connectivity index (χ1n) is 14.7. The molecule has 0 aliphatic heterocycles. The number of aryl methyl sites for hydroxylation is 1. The lowest BCUT2D eigenvalue weighted by Crippen LogP contribution is -2.25. The van der Waals surface area contributed by atoms with E-state index in [1.54, 1.807) is 0 Å². The van der Waals surface area contributed by atoms with Gasteiger partial charge in [-0.1, -0.05) is 72.2 Å². The summed E-state index contributed by atoms with van der Waals surface area (Å²) in [6.07, 6.45) is 4.32. The van der Waals surface area contributed by atoms with Crippen LogP contribution in [0.15, 0.2) is 81.5 Å². The molecule has 0 amide bonds. The number of rotatable bonds is 12. The number of allylic oxidation sites excluding steroid dienone is 2. The zero-order valence-corrected chi connectivity index (χ0v) is 23.6. The van der Waals surface area contributed by atoms with E-state index in [0.29, 0.717) is 80.6 Å². The fourth-order valence-electron chi connectivity index (χ4n) is 6.05. The van der Waals surface area contributed by atoms with Gasteiger partial charge in [0.05, 0.1) is 16.8 Å². The van der Waals surface area contributed by atoms with Crippen LogP contribution in [-0.4, -0.2) is 45.2 Å². The molecular formula is C34H36N2O6. The molecule has 0 saturated carbocycles. The van der Waals surface area contributed by atoms with Gasteiger partial charge < -0.3 is 14.7 Å². The van der Waals surface area contributed by atoms with Gasteiger partial charge in [0.2, 0.25) is 0 Å². The van der Waals surface area contributed by atoms with E-state index < -0.39 is 5.97 Å². The summed E-state index contributed by atoms with van der Waals surface area (Å²) in [7, 11) is 0. The highest BCUT2D eigenvalue weighted by Gasteiger charge is 2.34. The van der Waals surface area contributed by atoms with Gasteiger partial charge in [0.15, 0.2) is 11.6 Å². The van der Waals surface area contributed by atoms with Gasteiger partial charge in [0.25, 0.3) is 0 Å². The van der Waals surface area contributed by atoms with E-state index in [9.17, 15) is 19.5 Å². The Morgan fingerprint density at radius 2 is 1.48 bits per heavy atom. The Bertz CT molecular complexity index is 1490. The molecule has 2 aliphatic rings. The fourth-order valence-corrected chi connectivity index (χ4v) is 6.05. The molecule has 2 aliphatic carbocycles. The summed E-state index contributed by atoms with van der Waals surface area (Å²) in [4.78, 5) is 42.2. The standard InChI is InChI=1S/C34H36N2O6/c37-28-18-24(22-10-4-1-5-11-22)19-29(38)33(28)26(35-17-9-3-8-14-32(40)41)15-16-27-34-30(39)20-25(21-31(34)42-36-27)23-12-6-2-7-13-23/h1-2,4-7,10-13,24-25,37H,3,8-9,14-21H2,(H,40,41). The third-order valence-corrected chi connectivity index (χ3v) is 8.20. The van der Waals surface area contributed by atoms with E-state index in [1.165, 1.54) is 0 Å². The molecule has 2 unspecified atom stereocenters. The van der Waals surface area contributed by atoms with Crippen molar-refractivity contribution < 1.29 is 29.1 Å². The van der Waals surface area contributed by atoms with Crippen molar-refractivity contribution in [3.63, 3.8) is 0 Å². The predicted octanol–water partition coefficient (Wildman–Crippen LogP) is 6.56. The van der Waals surface area contributed by atoms with Crippen LogP contribution in [-0.2, 0) is 22.4 Å². The fraction of sp³-hybridized carbons (Fsp3) is 0.382. The first kappa shape index (κ1) is 29.2. The lowest BCUT2D eigenvalue weighted by Gasteiger charge is -2.25. The van der Waals surface area contributed by atoms with Crippen LogP contribution in [0.2, 0.25) is 0 Å². The molecule has 2 N–H and O–H groups in total. The van der Waals surface area contributed by atoms with Crippen molar-refractivity contribution in [3.8, 4) is 0 Å². The van der Waals surface area contributed by atoms with Crippen LogP contribution >= 0.6 is 0 Å². The molecule has 42 heavy (non-hydrogen) atoms. The summed E-state index contributed by atoms with van der Waals surface area (Å²) in [6.45, 7) is 0.412. The van der Waals surface area contributed by atoms with E-state index in [2.05, 4.69) is 5.16 Å². The van der Waals surface area contributed by atoms with Crippen molar-refractivity contribution in [2.75, 3.05) is 6.54 Å². The molecule has 0 spiro atoms. The summed E-state index contributed by atoms with van der Waals surface area (Å²) in [5.41, 5.74) is 3.97. The molecule has 0 bridgehead atoms. The first-order valence-corrected chi connectivity index (χ1v) is 14.7. The summed E-state index contributed by atoms with van der Waals surface area (Å²) in [6, 6.07) is 19.6. The minimum absolute atomic E-state index is 0.000203. The number of aliphatic imine (C=N–C) groups is 1. The van der Waals surface area contributed by atoms with Gasteiger partial charge in [-0.05, 0) is 48.6 Å². The SMILES string of the molecule is O=C(O)CCCCCN=C(CCc1noc2c1C(=O)CC(c1ccccc1)C2)C1=C(O)CC(c2ccccc2)CC1=O. The van der Waals surface area contributed by atoms with E-state index in [4.69, 9.17) is 14.6 Å². The lowest BCUT2D eigenvalue weighted by atomic mass is 9.80. The van der Waals surface area contributed by atoms with Crippen LogP contribution in [0.4, 0.5) is 0 Å². The van der Waals surface area contributed by atoms with Crippen molar-refractivity contribution in [2.24, 2.45) is 4.99 Å². The predicted molar refractivity (Wildman–Crippen MR) is 158 cm³/mol. The molecule has 1 aromatic heterocycles. The van der Waals surface area contributed by atoms with Crippen LogP contribution in [0.1, 0.15) is 96.1 Å². The van der Waals surface area contributed by atoms with Crippen LogP contribution < -0.4 is 0 Å². The normalized spacial score (nSPS) is 19.2. The van der Waals surface area contributed by atoms with Gasteiger partial charge in [-0.3, -0.25) is 19.4 Å². The molecule has 1 heterocycles. The van der Waals surface area contributed by atoms with Gasteiger partial charge in [-0.2, -0.15) is 0 Å². The highest BCUT2D eigenvalue weighted by molar-refractivity contribution is 6.23. The number of unbranched alkanes of at least 4 members (excludes halogenated alkanes) is 2. The maximum atomic E-state index is 13.4. The van der Waals surface area contributed by atoms with E-state index >= 15 is 0 Å². The van der Waals surface area contributed by atoms with Crippen molar-refractivity contribution in [2.45, 2.75) is 76.0 Å². The Balaban J connectivity index is 1.33. The van der Waals surface area contributed by atoms with Crippen LogP contribution in [0.3, 0.4) is 0 Å². The third-order valence-electron chi connectivity index (χ3n) is 8.20. The average molecular weight is 569 g/mol. The number of carboxylic acid groups (broad SMARTS) is 1. The molecule has 8 nitrogen and oxygen atoms in total. The van der Waals surface area contributed by atoms with E-state index in [0.717, 1.165) is 11.1 Å². The van der Waals surface area contributed by atoms with Crippen LogP contribution in [0.5, 0.6) is 0 Å². The number of hydrogen-bond acceptors (Lipinski definition) is 7. The topological polar surface area (TPSA) is 130 Å². The molecule has 0 saturated heterocycles. The van der Waals surface area contributed by atoms with Crippen LogP contribution in [0.25, 0.3) is 0 Å². The third kappa shape index (κ3) is 6.93. The highest BCUT2D eigenvalue weighted by Crippen LogP contribution is 2.36. The number of carboxylic acids is 1. The second kappa shape index (κ2) is 13.6. The van der Waals surface area contributed by atoms with Crippen molar-refractivity contribution in [3.05, 3.63) is 100 Å². The summed E-state index contributed by atoms with van der Waals surface area (Å²) in [5.74, 6) is -0.402. The Hall–Kier alpha value is -4.33. The monoisotopic (exact) mass is 568 g/mol. The number of aliphatic hydroxyl groups excluding tert-OH is 1. The van der Waals surface area contributed by atoms with Crippen molar-refractivity contribution in [1.29, 1.82) is 0 Å². The molecule has 2 aromatic carbocycles. The first-order chi connectivity index (χ1) is 20.4. The van der Waals surface area contributed by atoms with Crippen LogP contribution in [0, 0.1) is 0 Å². The Morgan fingerprint density at radius 3 is 2.12 bits per heavy atom. The Morgan fingerprint density at radius 1 is 0.833 bits per heavy atom. The molecular weight excluding hydrogens is 532 g/mol. The summed E-state index contributed by atoms with van der Waals surface area (Å²) < 4.78 is 5.65. The Labute approximate surface area is 245 Å². The average Bonchev–Trinajstić information content (AvgIpc) is 3.41. The second-order valence-corrected chi connectivity index (χ2v) is 11.2. The zero-order valence-electron chi connectivity index (χ0n) is 23.6. The molecule has 0 fully saturated rings. The molecule has 2 atom stereocenters. The second-order valence-electron chi connectivity index (χ2n) is 11.2. The molecule has 0 radical (unpaired) electrons. The van der Waals surface area contributed by atoms with Gasteiger partial charge in [0, 0.05) is 44.4 Å². The molecule has 5 rings (SSSR count). The van der Waals surface area contributed by atoms with Crippen molar-refractivity contribution in [1.82, 2.24) is 5.16 Å². The number of hydrogen-bond donors (Lipinski definition) is 2. The maximum Gasteiger partial charge on any atom is 0.303 e. The minimum atomic E-state index is -0.823. The molecule has 8 heteroatoms. The van der Waals surface area contributed by atoms with Gasteiger partial charge in [-0.15, -0.1) is 0 Å². The smallest absolute Gasteiger partial charge is 0.303 e. The number of aliphatic carboxylic acids is 1. The quantitative estimate of drug-likeness (QED) is 0.187. The summed E-state index contributed by atoms with van der Waals surface area (Å²) in [5, 5.41) is 24.2. The molecule has 3 aromatic rings. The minimum Gasteiger partial charge on any atom is -0.511 e. The molecule has 218 valence electrons. The Kier molecular flexibility index (Phi) is 9.41. The van der Waals surface area contributed by atoms with E-state index in [-0.39, 0.29) is 47.6 Å². The largest absolute Gasteiger partial charge is 0.511 e. The van der Waals surface area contributed by atoms with Crippen molar-refractivity contribution >= 4 is 23.2 Å². The summed E-state index contributed by atoms with van der Waals surface area (Å²) >= 11 is 0. The number of fused-ring (bicyclic) bond motifs is 1. The number of aliphatic hydroxyl groups is 1. The number of ketones is 2. The number of Topliss-reactive ketones (excluding diaryl/α,β-unsaturated/α-hetero) is 2. The lowest BCUT2D eigenvalue weighted by molar-refractivity contribution is -0.137. The van der Waals surface area contributed by atoms with Gasteiger partial charge in [-0.25, -0.2) is 0 Å². The highest BCUT2D eigenvalue weighted by atomic mass is 16.5. The number of aromatic nitrogens is 1. The maximum absolute atomic E-state index is 13.4. The number of benzene rings is 2. The number of carbonyl (C=O) groups is 3.